The zero-order chi connectivity index (χ0) is 14.0. The minimum absolute atomic E-state index is 0.542. The SMILES string of the molecule is CCNc1ncnc(N2CC(C)N(C)C(C)C2)c1C. The van der Waals surface area contributed by atoms with Crippen LogP contribution in [0.2, 0.25) is 0 Å². The average molecular weight is 263 g/mol. The smallest absolute Gasteiger partial charge is 0.137 e. The normalized spacial score (nSPS) is 24.6. The molecule has 5 nitrogen and oxygen atoms in total. The first-order valence-corrected chi connectivity index (χ1v) is 7.07. The molecule has 1 aliphatic rings. The Morgan fingerprint density at radius 3 is 2.47 bits per heavy atom. The van der Waals surface area contributed by atoms with Crippen molar-refractivity contribution in [2.45, 2.75) is 39.8 Å². The van der Waals surface area contributed by atoms with Gasteiger partial charge in [0, 0.05) is 37.3 Å². The van der Waals surface area contributed by atoms with Crippen LogP contribution in [0, 0.1) is 6.92 Å². The molecule has 0 saturated carbocycles. The number of likely N-dealkylation sites (N-methyl/N-ethyl adjacent to an activating group) is 1. The second-order valence-corrected chi connectivity index (χ2v) is 5.47. The van der Waals surface area contributed by atoms with Gasteiger partial charge in [-0.1, -0.05) is 0 Å². The van der Waals surface area contributed by atoms with Crippen LogP contribution >= 0.6 is 0 Å². The molecule has 1 aliphatic heterocycles. The molecule has 1 aromatic rings. The first-order valence-electron chi connectivity index (χ1n) is 7.07. The van der Waals surface area contributed by atoms with Gasteiger partial charge in [0.1, 0.15) is 18.0 Å². The second kappa shape index (κ2) is 5.74. The third kappa shape index (κ3) is 2.81. The predicted molar refractivity (Wildman–Crippen MR) is 79.8 cm³/mol. The molecule has 2 unspecified atom stereocenters. The molecular weight excluding hydrogens is 238 g/mol. The van der Waals surface area contributed by atoms with Crippen LogP contribution in [-0.2, 0) is 0 Å². The molecule has 19 heavy (non-hydrogen) atoms. The molecule has 106 valence electrons. The fraction of sp³-hybridized carbons (Fsp3) is 0.714. The van der Waals surface area contributed by atoms with Gasteiger partial charge in [-0.3, -0.25) is 4.90 Å². The monoisotopic (exact) mass is 263 g/mol. The van der Waals surface area contributed by atoms with Crippen LogP contribution in [0.5, 0.6) is 0 Å². The molecular formula is C14H25N5. The third-order valence-corrected chi connectivity index (χ3v) is 4.06. The first-order chi connectivity index (χ1) is 9.04. The standard InChI is InChI=1S/C14H25N5/c1-6-15-13-12(4)14(17-9-16-13)19-7-10(2)18(5)11(3)8-19/h9-11H,6-8H2,1-5H3,(H,15,16,17). The Bertz CT molecular complexity index is 422. The summed E-state index contributed by atoms with van der Waals surface area (Å²) in [5.41, 5.74) is 1.15. The van der Waals surface area contributed by atoms with Gasteiger partial charge in [-0.2, -0.15) is 0 Å². The summed E-state index contributed by atoms with van der Waals surface area (Å²) in [6.45, 7) is 11.6. The summed E-state index contributed by atoms with van der Waals surface area (Å²) < 4.78 is 0. The summed E-state index contributed by atoms with van der Waals surface area (Å²) in [5.74, 6) is 2.02. The van der Waals surface area contributed by atoms with Gasteiger partial charge in [0.2, 0.25) is 0 Å². The van der Waals surface area contributed by atoms with Gasteiger partial charge >= 0.3 is 0 Å². The van der Waals surface area contributed by atoms with Gasteiger partial charge in [0.05, 0.1) is 0 Å². The maximum atomic E-state index is 4.50. The summed E-state index contributed by atoms with van der Waals surface area (Å²) >= 11 is 0. The molecule has 1 fully saturated rings. The van der Waals surface area contributed by atoms with E-state index in [1.165, 1.54) is 0 Å². The highest BCUT2D eigenvalue weighted by Crippen LogP contribution is 2.25. The van der Waals surface area contributed by atoms with Gasteiger partial charge in [-0.15, -0.1) is 0 Å². The molecule has 0 radical (unpaired) electrons. The summed E-state index contributed by atoms with van der Waals surface area (Å²) in [7, 11) is 2.20. The number of nitrogens with one attached hydrogen (secondary N) is 1. The Balaban J connectivity index is 2.24. The fourth-order valence-corrected chi connectivity index (χ4v) is 2.68. The van der Waals surface area contributed by atoms with Crippen LogP contribution in [0.4, 0.5) is 11.6 Å². The van der Waals surface area contributed by atoms with Crippen molar-refractivity contribution in [3.05, 3.63) is 11.9 Å². The third-order valence-electron chi connectivity index (χ3n) is 4.06. The van der Waals surface area contributed by atoms with Crippen LogP contribution in [-0.4, -0.2) is 53.6 Å². The van der Waals surface area contributed by atoms with E-state index in [1.54, 1.807) is 6.33 Å². The van der Waals surface area contributed by atoms with E-state index in [0.717, 1.165) is 36.8 Å². The van der Waals surface area contributed by atoms with Crippen molar-refractivity contribution in [1.29, 1.82) is 0 Å². The number of anilines is 2. The summed E-state index contributed by atoms with van der Waals surface area (Å²) in [6, 6.07) is 1.08. The van der Waals surface area contributed by atoms with E-state index in [4.69, 9.17) is 0 Å². The minimum Gasteiger partial charge on any atom is -0.370 e. The van der Waals surface area contributed by atoms with Crippen molar-refractivity contribution in [2.24, 2.45) is 0 Å². The Hall–Kier alpha value is -1.36. The van der Waals surface area contributed by atoms with Crippen LogP contribution < -0.4 is 10.2 Å². The molecule has 0 amide bonds. The lowest BCUT2D eigenvalue weighted by molar-refractivity contribution is 0.169. The van der Waals surface area contributed by atoms with Crippen molar-refractivity contribution >= 4 is 11.6 Å². The van der Waals surface area contributed by atoms with Gasteiger partial charge in [-0.05, 0) is 34.7 Å². The molecule has 0 spiro atoms. The number of hydrogen-bond acceptors (Lipinski definition) is 5. The largest absolute Gasteiger partial charge is 0.370 e. The lowest BCUT2D eigenvalue weighted by atomic mass is 10.1. The van der Waals surface area contributed by atoms with Crippen LogP contribution in [0.3, 0.4) is 0 Å². The van der Waals surface area contributed by atoms with Gasteiger partial charge in [0.25, 0.3) is 0 Å². The Morgan fingerprint density at radius 1 is 1.26 bits per heavy atom. The second-order valence-electron chi connectivity index (χ2n) is 5.47. The molecule has 2 heterocycles. The van der Waals surface area contributed by atoms with E-state index in [1.807, 2.05) is 0 Å². The van der Waals surface area contributed by atoms with E-state index in [0.29, 0.717) is 12.1 Å². The first kappa shape index (κ1) is 14.1. The Kier molecular flexibility index (Phi) is 4.24. The van der Waals surface area contributed by atoms with Crippen LogP contribution in [0.15, 0.2) is 6.33 Å². The van der Waals surface area contributed by atoms with Crippen molar-refractivity contribution in [3.63, 3.8) is 0 Å². The number of hydrogen-bond donors (Lipinski definition) is 1. The summed E-state index contributed by atoms with van der Waals surface area (Å²) in [4.78, 5) is 13.6. The zero-order valence-electron chi connectivity index (χ0n) is 12.6. The van der Waals surface area contributed by atoms with Crippen molar-refractivity contribution in [2.75, 3.05) is 36.9 Å². The highest BCUT2D eigenvalue weighted by atomic mass is 15.3. The molecule has 1 N–H and O–H groups in total. The summed E-state index contributed by atoms with van der Waals surface area (Å²) in [6.07, 6.45) is 1.66. The Morgan fingerprint density at radius 2 is 1.89 bits per heavy atom. The topological polar surface area (TPSA) is 44.3 Å². The quantitative estimate of drug-likeness (QED) is 0.900. The van der Waals surface area contributed by atoms with Gasteiger partial charge in [0.15, 0.2) is 0 Å². The average Bonchev–Trinajstić information content (AvgIpc) is 2.38. The van der Waals surface area contributed by atoms with E-state index in [-0.39, 0.29) is 0 Å². The van der Waals surface area contributed by atoms with Crippen molar-refractivity contribution < 1.29 is 0 Å². The van der Waals surface area contributed by atoms with Crippen molar-refractivity contribution in [3.8, 4) is 0 Å². The van der Waals surface area contributed by atoms with Gasteiger partial charge < -0.3 is 10.2 Å². The molecule has 0 aliphatic carbocycles. The molecule has 0 bridgehead atoms. The lowest BCUT2D eigenvalue weighted by Crippen LogP contribution is -2.55. The maximum Gasteiger partial charge on any atom is 0.137 e. The van der Waals surface area contributed by atoms with E-state index < -0.39 is 0 Å². The molecule has 5 heteroatoms. The highest BCUT2D eigenvalue weighted by Gasteiger charge is 2.28. The maximum absolute atomic E-state index is 4.50. The molecule has 1 saturated heterocycles. The molecule has 2 atom stereocenters. The van der Waals surface area contributed by atoms with Crippen LogP contribution in [0.1, 0.15) is 26.3 Å². The lowest BCUT2D eigenvalue weighted by Gasteiger charge is -2.43. The molecule has 0 aromatic carbocycles. The van der Waals surface area contributed by atoms with E-state index >= 15 is 0 Å². The number of nitrogens with zero attached hydrogens (tertiary/aromatic N) is 4. The predicted octanol–water partition coefficient (Wildman–Crippen LogP) is 1.75. The van der Waals surface area contributed by atoms with E-state index in [9.17, 15) is 0 Å². The molecule has 2 rings (SSSR count). The molecule has 1 aromatic heterocycles. The zero-order valence-corrected chi connectivity index (χ0v) is 12.6. The number of rotatable bonds is 3. The van der Waals surface area contributed by atoms with Crippen molar-refractivity contribution in [1.82, 2.24) is 14.9 Å². The fourth-order valence-electron chi connectivity index (χ4n) is 2.68. The number of piperazine rings is 1. The Labute approximate surface area is 116 Å². The van der Waals surface area contributed by atoms with Crippen LogP contribution in [0.25, 0.3) is 0 Å². The van der Waals surface area contributed by atoms with Gasteiger partial charge in [-0.25, -0.2) is 9.97 Å². The summed E-state index contributed by atoms with van der Waals surface area (Å²) in [5, 5.41) is 3.30. The van der Waals surface area contributed by atoms with E-state index in [2.05, 4.69) is 59.8 Å². The highest BCUT2D eigenvalue weighted by molar-refractivity contribution is 5.58. The number of aromatic nitrogens is 2. The minimum atomic E-state index is 0.542.